The minimum absolute atomic E-state index is 1.58. The van der Waals surface area contributed by atoms with Gasteiger partial charge in [0.25, 0.3) is 0 Å². The number of carbonyl (C=O) groups is 2. The van der Waals surface area contributed by atoms with Crippen molar-refractivity contribution in [1.29, 1.82) is 0 Å². The van der Waals surface area contributed by atoms with Crippen LogP contribution in [0.15, 0.2) is 18.5 Å². The molecule has 12 heavy (non-hydrogen) atoms. The number of aliphatic carboxylic acids is 2. The van der Waals surface area contributed by atoms with Gasteiger partial charge in [-0.1, -0.05) is 0 Å². The van der Waals surface area contributed by atoms with E-state index < -0.39 is 11.9 Å². The minimum atomic E-state index is -1.82. The molecule has 0 saturated carbocycles. The zero-order valence-electron chi connectivity index (χ0n) is 5.78. The number of carboxylic acids is 2. The Balaban J connectivity index is 0.000000202. The molecule has 1 aromatic heterocycles. The first kappa shape index (κ1) is 9.95. The molecule has 1 heterocycles. The summed E-state index contributed by atoms with van der Waals surface area (Å²) in [6, 6.07) is 1.72. The molecule has 0 amide bonds. The Hall–Kier alpha value is -2.05. The summed E-state index contributed by atoms with van der Waals surface area (Å²) < 4.78 is 0. The third-order valence-corrected chi connectivity index (χ3v) is 0.592. The van der Waals surface area contributed by atoms with Crippen molar-refractivity contribution in [1.82, 2.24) is 15.4 Å². The standard InChI is InChI=1S/C3H3N3.C2H2O4/c1-2-4-6-5-3-1;3-1(4)2(5)6/h1-3H;(H,3,4)(H,5,6). The zero-order valence-corrected chi connectivity index (χ0v) is 5.78. The fraction of sp³-hybridized carbons (Fsp3) is 0. The molecule has 7 nitrogen and oxygen atoms in total. The number of nitrogens with zero attached hydrogens (tertiary/aromatic N) is 3. The summed E-state index contributed by atoms with van der Waals surface area (Å²) in [5, 5.41) is 24.9. The first-order valence-electron chi connectivity index (χ1n) is 2.69. The van der Waals surface area contributed by atoms with Gasteiger partial charge in [-0.25, -0.2) is 9.59 Å². The molecular formula is C5H5N3O4. The Kier molecular flexibility index (Phi) is 4.74. The predicted octanol–water partition coefficient (Wildman–Crippen LogP) is -0.973. The fourth-order valence-corrected chi connectivity index (χ4v) is 0.205. The van der Waals surface area contributed by atoms with Gasteiger partial charge in [0.1, 0.15) is 0 Å². The van der Waals surface area contributed by atoms with E-state index in [-0.39, 0.29) is 0 Å². The van der Waals surface area contributed by atoms with Crippen molar-refractivity contribution in [3.8, 4) is 0 Å². The number of rotatable bonds is 0. The molecule has 0 aromatic carbocycles. The SMILES string of the molecule is O=C(O)C(=O)O.c1cnnnc1. The molecule has 0 atom stereocenters. The molecule has 0 fully saturated rings. The second-order valence-corrected chi connectivity index (χ2v) is 1.42. The van der Waals surface area contributed by atoms with Gasteiger partial charge in [-0.3, -0.25) is 0 Å². The van der Waals surface area contributed by atoms with E-state index in [2.05, 4.69) is 15.4 Å². The van der Waals surface area contributed by atoms with Gasteiger partial charge in [-0.05, 0) is 11.3 Å². The van der Waals surface area contributed by atoms with Gasteiger partial charge >= 0.3 is 11.9 Å². The third kappa shape index (κ3) is 6.08. The molecule has 0 bridgehead atoms. The highest BCUT2D eigenvalue weighted by atomic mass is 16.4. The van der Waals surface area contributed by atoms with Crippen LogP contribution in [0.2, 0.25) is 0 Å². The van der Waals surface area contributed by atoms with E-state index in [4.69, 9.17) is 19.8 Å². The van der Waals surface area contributed by atoms with Crippen LogP contribution in [-0.2, 0) is 9.59 Å². The van der Waals surface area contributed by atoms with Crippen LogP contribution in [0, 0.1) is 0 Å². The Morgan fingerprint density at radius 2 is 1.42 bits per heavy atom. The maximum absolute atomic E-state index is 9.10. The van der Waals surface area contributed by atoms with Gasteiger partial charge in [0.15, 0.2) is 0 Å². The Morgan fingerprint density at radius 3 is 1.50 bits per heavy atom. The van der Waals surface area contributed by atoms with Crippen molar-refractivity contribution in [2.45, 2.75) is 0 Å². The molecule has 0 aliphatic rings. The smallest absolute Gasteiger partial charge is 0.414 e. The molecule has 0 unspecified atom stereocenters. The molecule has 1 aromatic rings. The first-order valence-corrected chi connectivity index (χ1v) is 2.69. The molecule has 64 valence electrons. The highest BCUT2D eigenvalue weighted by Crippen LogP contribution is 1.61. The van der Waals surface area contributed by atoms with E-state index in [1.54, 1.807) is 18.5 Å². The molecule has 2 N–H and O–H groups in total. The van der Waals surface area contributed by atoms with Crippen LogP contribution in [0.4, 0.5) is 0 Å². The number of hydrogen-bond acceptors (Lipinski definition) is 5. The van der Waals surface area contributed by atoms with Crippen molar-refractivity contribution in [2.24, 2.45) is 0 Å². The molecule has 0 saturated heterocycles. The quantitative estimate of drug-likeness (QED) is 0.482. The molecular weight excluding hydrogens is 166 g/mol. The van der Waals surface area contributed by atoms with Crippen LogP contribution in [-0.4, -0.2) is 37.6 Å². The summed E-state index contributed by atoms with van der Waals surface area (Å²) in [5.74, 6) is -3.65. The highest BCUT2D eigenvalue weighted by molar-refractivity contribution is 6.27. The third-order valence-electron chi connectivity index (χ3n) is 0.592. The topological polar surface area (TPSA) is 113 Å². The number of carboxylic acid groups (broad SMARTS) is 2. The summed E-state index contributed by atoms with van der Waals surface area (Å²) in [5.41, 5.74) is 0. The minimum Gasteiger partial charge on any atom is -0.473 e. The second-order valence-electron chi connectivity index (χ2n) is 1.42. The second kappa shape index (κ2) is 5.71. The van der Waals surface area contributed by atoms with Gasteiger partial charge in [0.05, 0.1) is 12.4 Å². The van der Waals surface area contributed by atoms with E-state index in [1.807, 2.05) is 0 Å². The number of aromatic nitrogens is 3. The van der Waals surface area contributed by atoms with Crippen molar-refractivity contribution in [3.63, 3.8) is 0 Å². The predicted molar refractivity (Wildman–Crippen MR) is 35.1 cm³/mol. The molecule has 0 radical (unpaired) electrons. The van der Waals surface area contributed by atoms with E-state index in [1.165, 1.54) is 0 Å². The van der Waals surface area contributed by atoms with Crippen LogP contribution >= 0.6 is 0 Å². The van der Waals surface area contributed by atoms with Gasteiger partial charge in [-0.2, -0.15) is 0 Å². The summed E-state index contributed by atoms with van der Waals surface area (Å²) in [6.45, 7) is 0. The van der Waals surface area contributed by atoms with Crippen molar-refractivity contribution in [3.05, 3.63) is 18.5 Å². The Morgan fingerprint density at radius 1 is 1.00 bits per heavy atom. The Labute approximate surface area is 66.7 Å². The summed E-state index contributed by atoms with van der Waals surface area (Å²) in [7, 11) is 0. The summed E-state index contributed by atoms with van der Waals surface area (Å²) in [4.78, 5) is 18.2. The van der Waals surface area contributed by atoms with Crippen molar-refractivity contribution >= 4 is 11.9 Å². The van der Waals surface area contributed by atoms with E-state index >= 15 is 0 Å². The lowest BCUT2D eigenvalue weighted by Crippen LogP contribution is -2.09. The largest absolute Gasteiger partial charge is 0.473 e. The molecule has 1 rings (SSSR count). The summed E-state index contributed by atoms with van der Waals surface area (Å²) >= 11 is 0. The fourth-order valence-electron chi connectivity index (χ4n) is 0.205. The maximum Gasteiger partial charge on any atom is 0.414 e. The van der Waals surface area contributed by atoms with Gasteiger partial charge in [0, 0.05) is 0 Å². The van der Waals surface area contributed by atoms with Gasteiger partial charge < -0.3 is 10.2 Å². The highest BCUT2D eigenvalue weighted by Gasteiger charge is 2.04. The normalized spacial score (nSPS) is 7.67. The first-order chi connectivity index (χ1) is 5.64. The van der Waals surface area contributed by atoms with Crippen molar-refractivity contribution < 1.29 is 19.8 Å². The van der Waals surface area contributed by atoms with Crippen LogP contribution in [0.5, 0.6) is 0 Å². The average molecular weight is 171 g/mol. The molecule has 0 aliphatic heterocycles. The van der Waals surface area contributed by atoms with Gasteiger partial charge in [-0.15, -0.1) is 10.2 Å². The van der Waals surface area contributed by atoms with Crippen LogP contribution in [0.1, 0.15) is 0 Å². The van der Waals surface area contributed by atoms with E-state index in [0.29, 0.717) is 0 Å². The number of hydrogen-bond donors (Lipinski definition) is 2. The van der Waals surface area contributed by atoms with Crippen molar-refractivity contribution in [2.75, 3.05) is 0 Å². The monoisotopic (exact) mass is 171 g/mol. The maximum atomic E-state index is 9.10. The average Bonchev–Trinajstić information content (AvgIpc) is 2.08. The zero-order chi connectivity index (χ0) is 9.40. The Bertz CT molecular complexity index is 211. The van der Waals surface area contributed by atoms with E-state index in [0.717, 1.165) is 0 Å². The lowest BCUT2D eigenvalue weighted by molar-refractivity contribution is -0.159. The lowest BCUT2D eigenvalue weighted by atomic mass is 10.7. The van der Waals surface area contributed by atoms with Crippen LogP contribution < -0.4 is 0 Å². The molecule has 0 aliphatic carbocycles. The van der Waals surface area contributed by atoms with Crippen LogP contribution in [0.25, 0.3) is 0 Å². The van der Waals surface area contributed by atoms with Gasteiger partial charge in [0.2, 0.25) is 0 Å². The molecule has 7 heteroatoms. The van der Waals surface area contributed by atoms with Crippen LogP contribution in [0.3, 0.4) is 0 Å². The van der Waals surface area contributed by atoms with E-state index in [9.17, 15) is 0 Å². The lowest BCUT2D eigenvalue weighted by Gasteiger charge is -1.72. The summed E-state index contributed by atoms with van der Waals surface area (Å²) in [6.07, 6.45) is 3.15. The molecule has 0 spiro atoms.